The van der Waals surface area contributed by atoms with Crippen LogP contribution in [0.15, 0.2) is 103 Å². The number of hydrogen-bond acceptors (Lipinski definition) is 5. The largest absolute Gasteiger partial charge is 0.497 e. The SMILES string of the molecule is COc1ccc(NCCNC(=O)C(Cc2ccc(OCc3ccccc3)cc2)NC(=O)c2cccc(C)c2)cc1. The summed E-state index contributed by atoms with van der Waals surface area (Å²) in [6, 6.07) is 31.7. The average Bonchev–Trinajstić information content (AvgIpc) is 2.99. The van der Waals surface area contributed by atoms with E-state index >= 15 is 0 Å². The maximum Gasteiger partial charge on any atom is 0.251 e. The number of hydrogen-bond donors (Lipinski definition) is 3. The van der Waals surface area contributed by atoms with Crippen LogP contribution in [0.3, 0.4) is 0 Å². The van der Waals surface area contributed by atoms with Gasteiger partial charge in [0.1, 0.15) is 24.1 Å². The molecule has 4 aromatic carbocycles. The van der Waals surface area contributed by atoms with Crippen LogP contribution in [0.1, 0.15) is 27.0 Å². The van der Waals surface area contributed by atoms with Gasteiger partial charge in [0.05, 0.1) is 7.11 Å². The van der Waals surface area contributed by atoms with Gasteiger partial charge in [-0.3, -0.25) is 9.59 Å². The standard InChI is InChI=1S/C33H35N3O4/c1-24-7-6-10-27(21-24)32(37)36-31(33(38)35-20-19-34-28-13-17-29(39-2)18-14-28)22-25-11-15-30(16-12-25)40-23-26-8-4-3-5-9-26/h3-18,21,31,34H,19-20,22-23H2,1-2H3,(H,35,38)(H,36,37). The summed E-state index contributed by atoms with van der Waals surface area (Å²) < 4.78 is 11.1. The molecule has 7 heteroatoms. The normalized spacial score (nSPS) is 11.2. The fourth-order valence-electron chi connectivity index (χ4n) is 4.16. The van der Waals surface area contributed by atoms with E-state index in [-0.39, 0.29) is 11.8 Å². The molecule has 0 saturated carbocycles. The molecule has 40 heavy (non-hydrogen) atoms. The van der Waals surface area contributed by atoms with E-state index in [1.54, 1.807) is 13.2 Å². The molecule has 0 heterocycles. The third kappa shape index (κ3) is 8.63. The van der Waals surface area contributed by atoms with E-state index in [0.717, 1.165) is 33.9 Å². The van der Waals surface area contributed by atoms with Crippen molar-refractivity contribution in [2.75, 3.05) is 25.5 Å². The molecule has 0 aliphatic rings. The van der Waals surface area contributed by atoms with Gasteiger partial charge in [-0.2, -0.15) is 0 Å². The number of nitrogens with one attached hydrogen (secondary N) is 3. The van der Waals surface area contributed by atoms with Crippen LogP contribution in [0.4, 0.5) is 5.69 Å². The number of ether oxygens (including phenoxy) is 2. The molecule has 2 amide bonds. The number of benzene rings is 4. The molecule has 0 aliphatic heterocycles. The van der Waals surface area contributed by atoms with E-state index in [2.05, 4.69) is 16.0 Å². The van der Waals surface area contributed by atoms with Crippen LogP contribution in [-0.4, -0.2) is 38.1 Å². The highest BCUT2D eigenvalue weighted by Gasteiger charge is 2.22. The number of carbonyl (C=O) groups is 2. The zero-order chi connectivity index (χ0) is 28.2. The molecule has 4 rings (SSSR count). The van der Waals surface area contributed by atoms with Crippen LogP contribution in [-0.2, 0) is 17.8 Å². The van der Waals surface area contributed by atoms with Crippen LogP contribution in [0.5, 0.6) is 11.5 Å². The van der Waals surface area contributed by atoms with Crippen molar-refractivity contribution in [3.8, 4) is 11.5 Å². The highest BCUT2D eigenvalue weighted by Crippen LogP contribution is 2.17. The lowest BCUT2D eigenvalue weighted by Crippen LogP contribution is -2.48. The van der Waals surface area contributed by atoms with Gasteiger partial charge in [0, 0.05) is 30.8 Å². The molecule has 0 saturated heterocycles. The molecule has 7 nitrogen and oxygen atoms in total. The highest BCUT2D eigenvalue weighted by atomic mass is 16.5. The first-order chi connectivity index (χ1) is 19.5. The third-order valence-electron chi connectivity index (χ3n) is 6.36. The van der Waals surface area contributed by atoms with Crippen LogP contribution >= 0.6 is 0 Å². The molecule has 0 fully saturated rings. The first kappa shape index (κ1) is 28.2. The Labute approximate surface area is 235 Å². The summed E-state index contributed by atoms with van der Waals surface area (Å²) in [4.78, 5) is 26.2. The van der Waals surface area contributed by atoms with Gasteiger partial charge in [-0.1, -0.05) is 60.2 Å². The van der Waals surface area contributed by atoms with Gasteiger partial charge in [-0.25, -0.2) is 0 Å². The van der Waals surface area contributed by atoms with Crippen molar-refractivity contribution < 1.29 is 19.1 Å². The van der Waals surface area contributed by atoms with Crippen molar-refractivity contribution in [2.45, 2.75) is 26.0 Å². The lowest BCUT2D eigenvalue weighted by Gasteiger charge is -2.19. The minimum atomic E-state index is -0.745. The van der Waals surface area contributed by atoms with Gasteiger partial charge in [-0.15, -0.1) is 0 Å². The quantitative estimate of drug-likeness (QED) is 0.205. The van der Waals surface area contributed by atoms with E-state index in [1.807, 2.05) is 104 Å². The Bertz CT molecular complexity index is 1370. The molecule has 1 unspecified atom stereocenters. The topological polar surface area (TPSA) is 88.7 Å². The molecule has 1 atom stereocenters. The van der Waals surface area contributed by atoms with Crippen LogP contribution in [0.2, 0.25) is 0 Å². The molecular formula is C33H35N3O4. The van der Waals surface area contributed by atoms with Gasteiger partial charge in [0.25, 0.3) is 5.91 Å². The van der Waals surface area contributed by atoms with Crippen molar-refractivity contribution in [3.63, 3.8) is 0 Å². The lowest BCUT2D eigenvalue weighted by molar-refractivity contribution is -0.122. The summed E-state index contributed by atoms with van der Waals surface area (Å²) in [5.74, 6) is 0.980. The van der Waals surface area contributed by atoms with Crippen molar-refractivity contribution in [1.29, 1.82) is 0 Å². The number of rotatable bonds is 13. The number of anilines is 1. The Morgan fingerprint density at radius 1 is 0.775 bits per heavy atom. The molecule has 0 aliphatic carbocycles. The first-order valence-electron chi connectivity index (χ1n) is 13.3. The monoisotopic (exact) mass is 537 g/mol. The first-order valence-corrected chi connectivity index (χ1v) is 13.3. The number of aryl methyl sites for hydroxylation is 1. The minimum Gasteiger partial charge on any atom is -0.497 e. The van der Waals surface area contributed by atoms with Gasteiger partial charge in [0.15, 0.2) is 0 Å². The summed E-state index contributed by atoms with van der Waals surface area (Å²) in [5, 5.41) is 9.14. The van der Waals surface area contributed by atoms with Gasteiger partial charge < -0.3 is 25.4 Å². The van der Waals surface area contributed by atoms with Gasteiger partial charge in [0.2, 0.25) is 5.91 Å². The van der Waals surface area contributed by atoms with E-state index in [1.165, 1.54) is 0 Å². The number of carbonyl (C=O) groups excluding carboxylic acids is 2. The van der Waals surface area contributed by atoms with Gasteiger partial charge >= 0.3 is 0 Å². The van der Waals surface area contributed by atoms with Crippen LogP contribution < -0.4 is 25.4 Å². The van der Waals surface area contributed by atoms with E-state index in [0.29, 0.717) is 31.7 Å². The van der Waals surface area contributed by atoms with Gasteiger partial charge in [-0.05, 0) is 66.6 Å². The smallest absolute Gasteiger partial charge is 0.251 e. The van der Waals surface area contributed by atoms with E-state index < -0.39 is 6.04 Å². The molecule has 0 spiro atoms. The highest BCUT2D eigenvalue weighted by molar-refractivity contribution is 5.97. The third-order valence-corrected chi connectivity index (χ3v) is 6.36. The molecular weight excluding hydrogens is 502 g/mol. The fraction of sp³-hybridized carbons (Fsp3) is 0.212. The Hall–Kier alpha value is -4.78. The summed E-state index contributed by atoms with van der Waals surface area (Å²) >= 11 is 0. The lowest BCUT2D eigenvalue weighted by atomic mass is 10.0. The van der Waals surface area contributed by atoms with Crippen molar-refractivity contribution in [1.82, 2.24) is 10.6 Å². The summed E-state index contributed by atoms with van der Waals surface area (Å²) in [5.41, 5.74) is 4.42. The molecule has 4 aromatic rings. The second-order valence-corrected chi connectivity index (χ2v) is 9.46. The predicted molar refractivity (Wildman–Crippen MR) is 158 cm³/mol. The molecule has 0 bridgehead atoms. The summed E-state index contributed by atoms with van der Waals surface area (Å²) in [6.07, 6.45) is 0.342. The minimum absolute atomic E-state index is 0.248. The number of amides is 2. The second kappa shape index (κ2) is 14.4. The van der Waals surface area contributed by atoms with Crippen molar-refractivity contribution in [3.05, 3.63) is 125 Å². The maximum absolute atomic E-state index is 13.2. The second-order valence-electron chi connectivity index (χ2n) is 9.46. The summed E-state index contributed by atoms with van der Waals surface area (Å²) in [6.45, 7) is 3.33. The van der Waals surface area contributed by atoms with Crippen LogP contribution in [0.25, 0.3) is 0 Å². The maximum atomic E-state index is 13.2. The predicted octanol–water partition coefficient (Wildman–Crippen LogP) is 5.15. The Morgan fingerprint density at radius 2 is 1.50 bits per heavy atom. The summed E-state index contributed by atoms with van der Waals surface area (Å²) in [7, 11) is 1.63. The van der Waals surface area contributed by atoms with Crippen molar-refractivity contribution >= 4 is 17.5 Å². The molecule has 206 valence electrons. The van der Waals surface area contributed by atoms with E-state index in [9.17, 15) is 9.59 Å². The van der Waals surface area contributed by atoms with Crippen molar-refractivity contribution in [2.24, 2.45) is 0 Å². The zero-order valence-corrected chi connectivity index (χ0v) is 22.9. The van der Waals surface area contributed by atoms with Crippen LogP contribution in [0, 0.1) is 6.92 Å². The zero-order valence-electron chi connectivity index (χ0n) is 22.9. The Balaban J connectivity index is 1.36. The fourth-order valence-corrected chi connectivity index (χ4v) is 4.16. The Kier molecular flexibility index (Phi) is 10.2. The van der Waals surface area contributed by atoms with E-state index in [4.69, 9.17) is 9.47 Å². The average molecular weight is 538 g/mol. The molecule has 0 radical (unpaired) electrons. The molecule has 0 aromatic heterocycles. The number of methoxy groups -OCH3 is 1. The molecule has 3 N–H and O–H groups in total. The Morgan fingerprint density at radius 3 is 2.20 bits per heavy atom.